The minimum Gasteiger partial charge on any atom is -0.496 e. The maximum Gasteiger partial charge on any atom is 0.196 e. The van der Waals surface area contributed by atoms with Crippen LogP contribution in [0.25, 0.3) is 17.1 Å². The zero-order chi connectivity index (χ0) is 16.9. The molecule has 0 N–H and O–H groups in total. The molecule has 2 aromatic carbocycles. The number of rotatable bonds is 6. The lowest BCUT2D eigenvalue weighted by molar-refractivity contribution is 0.416. The van der Waals surface area contributed by atoms with Crippen LogP contribution in [-0.2, 0) is 0 Å². The van der Waals surface area contributed by atoms with Crippen molar-refractivity contribution < 1.29 is 4.74 Å². The average Bonchev–Trinajstić information content (AvgIpc) is 3.04. The van der Waals surface area contributed by atoms with Gasteiger partial charge in [-0.3, -0.25) is 4.57 Å². The molecule has 5 heteroatoms. The van der Waals surface area contributed by atoms with Gasteiger partial charge >= 0.3 is 0 Å². The molecule has 0 saturated carbocycles. The van der Waals surface area contributed by atoms with Gasteiger partial charge in [0.15, 0.2) is 11.0 Å². The summed E-state index contributed by atoms with van der Waals surface area (Å²) in [6.45, 7) is 5.98. The molecule has 1 aromatic heterocycles. The van der Waals surface area contributed by atoms with E-state index in [1.807, 2.05) is 61.5 Å². The van der Waals surface area contributed by atoms with Gasteiger partial charge in [0.05, 0.1) is 12.7 Å². The van der Waals surface area contributed by atoms with Gasteiger partial charge < -0.3 is 4.74 Å². The first-order valence-corrected chi connectivity index (χ1v) is 8.60. The third-order valence-corrected chi connectivity index (χ3v) is 4.60. The lowest BCUT2D eigenvalue weighted by atomic mass is 10.2. The highest BCUT2D eigenvalue weighted by Crippen LogP contribution is 2.33. The molecular weight excluding hydrogens is 318 g/mol. The average molecular weight is 337 g/mol. The Balaban J connectivity index is 2.14. The Morgan fingerprint density at radius 2 is 1.79 bits per heavy atom. The van der Waals surface area contributed by atoms with Crippen LogP contribution in [0.5, 0.6) is 5.75 Å². The molecule has 0 amide bonds. The van der Waals surface area contributed by atoms with Crippen molar-refractivity contribution in [2.75, 3.05) is 12.9 Å². The van der Waals surface area contributed by atoms with Crippen LogP contribution in [0.1, 0.15) is 6.92 Å². The van der Waals surface area contributed by atoms with Crippen molar-refractivity contribution in [3.8, 4) is 22.8 Å². The number of hydrogen-bond donors (Lipinski definition) is 0. The van der Waals surface area contributed by atoms with Crippen LogP contribution >= 0.6 is 11.8 Å². The first-order chi connectivity index (χ1) is 11.7. The second-order valence-corrected chi connectivity index (χ2v) is 6.37. The quantitative estimate of drug-likeness (QED) is 0.486. The molecule has 0 fully saturated rings. The van der Waals surface area contributed by atoms with Crippen molar-refractivity contribution in [1.29, 1.82) is 0 Å². The van der Waals surface area contributed by atoms with Crippen molar-refractivity contribution in [2.24, 2.45) is 0 Å². The molecule has 3 rings (SSSR count). The van der Waals surface area contributed by atoms with Crippen LogP contribution in [0.15, 0.2) is 71.9 Å². The molecule has 122 valence electrons. The Hall–Kier alpha value is -2.53. The van der Waals surface area contributed by atoms with Crippen molar-refractivity contribution >= 4 is 11.8 Å². The van der Waals surface area contributed by atoms with E-state index in [1.165, 1.54) is 0 Å². The van der Waals surface area contributed by atoms with Gasteiger partial charge in [0.2, 0.25) is 0 Å². The van der Waals surface area contributed by atoms with Gasteiger partial charge in [-0.2, -0.15) is 0 Å². The minimum atomic E-state index is 0.767. The summed E-state index contributed by atoms with van der Waals surface area (Å²) in [6, 6.07) is 18.0. The summed E-state index contributed by atoms with van der Waals surface area (Å²) >= 11 is 1.63. The van der Waals surface area contributed by atoms with Gasteiger partial charge in [0.1, 0.15) is 5.75 Å². The van der Waals surface area contributed by atoms with E-state index in [0.717, 1.165) is 39.3 Å². The van der Waals surface area contributed by atoms with Crippen molar-refractivity contribution in [3.63, 3.8) is 0 Å². The lowest BCUT2D eigenvalue weighted by Gasteiger charge is -2.12. The van der Waals surface area contributed by atoms with E-state index < -0.39 is 0 Å². The summed E-state index contributed by atoms with van der Waals surface area (Å²) < 4.78 is 7.56. The Morgan fingerprint density at radius 1 is 1.08 bits per heavy atom. The van der Waals surface area contributed by atoms with Crippen molar-refractivity contribution in [1.82, 2.24) is 14.8 Å². The van der Waals surface area contributed by atoms with E-state index in [2.05, 4.69) is 21.3 Å². The first-order valence-electron chi connectivity index (χ1n) is 7.62. The standard InChI is InChI=1S/C19H19N3OS/c1-14(2)13-24-19-21-20-18(16-11-7-8-12-17(16)23-3)22(19)15-9-5-4-6-10-15/h4-12H,1,13H2,2-3H3. The summed E-state index contributed by atoms with van der Waals surface area (Å²) in [4.78, 5) is 0. The van der Waals surface area contributed by atoms with Crippen LogP contribution in [-0.4, -0.2) is 27.6 Å². The SMILES string of the molecule is C=C(C)CSc1nnc(-c2ccccc2OC)n1-c1ccccc1. The molecule has 0 spiro atoms. The number of methoxy groups -OCH3 is 1. The molecule has 0 saturated heterocycles. The topological polar surface area (TPSA) is 39.9 Å². The van der Waals surface area contributed by atoms with Gasteiger partial charge in [0.25, 0.3) is 0 Å². The van der Waals surface area contributed by atoms with Gasteiger partial charge in [-0.25, -0.2) is 0 Å². The monoisotopic (exact) mass is 337 g/mol. The van der Waals surface area contributed by atoms with Crippen LogP contribution in [0.3, 0.4) is 0 Å². The predicted octanol–water partition coefficient (Wildman–Crippen LogP) is 4.61. The fourth-order valence-corrected chi connectivity index (χ4v) is 3.16. The Bertz CT molecular complexity index is 843. The summed E-state index contributed by atoms with van der Waals surface area (Å²) in [6.07, 6.45) is 0. The molecule has 0 radical (unpaired) electrons. The largest absolute Gasteiger partial charge is 0.496 e. The summed E-state index contributed by atoms with van der Waals surface area (Å²) in [5, 5.41) is 9.67. The fourth-order valence-electron chi connectivity index (χ4n) is 2.36. The van der Waals surface area contributed by atoms with E-state index in [0.29, 0.717) is 0 Å². The molecule has 3 aromatic rings. The van der Waals surface area contributed by atoms with Gasteiger partial charge in [-0.1, -0.05) is 54.2 Å². The zero-order valence-corrected chi connectivity index (χ0v) is 14.6. The highest BCUT2D eigenvalue weighted by molar-refractivity contribution is 7.99. The Morgan fingerprint density at radius 3 is 2.50 bits per heavy atom. The van der Waals surface area contributed by atoms with E-state index >= 15 is 0 Å². The van der Waals surface area contributed by atoms with E-state index in [-0.39, 0.29) is 0 Å². The minimum absolute atomic E-state index is 0.767. The molecule has 0 aliphatic heterocycles. The highest BCUT2D eigenvalue weighted by atomic mass is 32.2. The molecule has 0 bridgehead atoms. The Labute approximate surface area is 146 Å². The summed E-state index contributed by atoms with van der Waals surface area (Å²) in [7, 11) is 1.67. The maximum atomic E-state index is 5.50. The number of ether oxygens (including phenoxy) is 1. The number of aromatic nitrogens is 3. The normalized spacial score (nSPS) is 10.6. The zero-order valence-electron chi connectivity index (χ0n) is 13.8. The second-order valence-electron chi connectivity index (χ2n) is 5.42. The lowest BCUT2D eigenvalue weighted by Crippen LogP contribution is -2.01. The van der Waals surface area contributed by atoms with Gasteiger partial charge in [-0.05, 0) is 31.2 Å². The van der Waals surface area contributed by atoms with E-state index in [4.69, 9.17) is 4.74 Å². The van der Waals surface area contributed by atoms with E-state index in [9.17, 15) is 0 Å². The summed E-state index contributed by atoms with van der Waals surface area (Å²) in [5.41, 5.74) is 3.03. The molecular formula is C19H19N3OS. The van der Waals surface area contributed by atoms with Gasteiger partial charge in [0, 0.05) is 11.4 Å². The molecule has 0 aliphatic carbocycles. The smallest absolute Gasteiger partial charge is 0.196 e. The van der Waals surface area contributed by atoms with Crippen molar-refractivity contribution in [2.45, 2.75) is 12.1 Å². The van der Waals surface area contributed by atoms with Crippen LogP contribution in [0.2, 0.25) is 0 Å². The molecule has 0 unspecified atom stereocenters. The number of para-hydroxylation sites is 2. The molecule has 1 heterocycles. The highest BCUT2D eigenvalue weighted by Gasteiger charge is 2.18. The molecule has 0 atom stereocenters. The third kappa shape index (κ3) is 3.36. The molecule has 0 aliphatic rings. The predicted molar refractivity (Wildman–Crippen MR) is 98.9 cm³/mol. The number of hydrogen-bond acceptors (Lipinski definition) is 4. The number of thioether (sulfide) groups is 1. The third-order valence-electron chi connectivity index (χ3n) is 3.44. The van der Waals surface area contributed by atoms with E-state index in [1.54, 1.807) is 18.9 Å². The molecule has 24 heavy (non-hydrogen) atoms. The first kappa shape index (κ1) is 16.3. The van der Waals surface area contributed by atoms with Crippen LogP contribution < -0.4 is 4.74 Å². The van der Waals surface area contributed by atoms with Crippen LogP contribution in [0.4, 0.5) is 0 Å². The number of nitrogens with zero attached hydrogens (tertiary/aromatic N) is 3. The van der Waals surface area contributed by atoms with Crippen molar-refractivity contribution in [3.05, 3.63) is 66.7 Å². The summed E-state index contributed by atoms with van der Waals surface area (Å²) in [5.74, 6) is 2.35. The maximum absolute atomic E-state index is 5.50. The fraction of sp³-hybridized carbons (Fsp3) is 0.158. The van der Waals surface area contributed by atoms with Crippen LogP contribution in [0, 0.1) is 0 Å². The second kappa shape index (κ2) is 7.36. The van der Waals surface area contributed by atoms with Gasteiger partial charge in [-0.15, -0.1) is 10.2 Å². The number of benzene rings is 2. The molecule has 4 nitrogen and oxygen atoms in total. The Kier molecular flexibility index (Phi) is 5.01.